The number of fused-ring (bicyclic) bond motifs is 5. The van der Waals surface area contributed by atoms with Gasteiger partial charge in [0.05, 0.1) is 6.10 Å². The van der Waals surface area contributed by atoms with Gasteiger partial charge < -0.3 is 9.84 Å². The van der Waals surface area contributed by atoms with E-state index in [1.54, 1.807) is 6.92 Å². The lowest BCUT2D eigenvalue weighted by Crippen LogP contribution is -2.56. The van der Waals surface area contributed by atoms with Gasteiger partial charge in [0, 0.05) is 24.7 Å². The second kappa shape index (κ2) is 6.43. The van der Waals surface area contributed by atoms with E-state index in [2.05, 4.69) is 19.9 Å². The number of carbonyl (C=O) groups excluding carboxylic acids is 2. The summed E-state index contributed by atoms with van der Waals surface area (Å²) in [4.78, 5) is 24.1. The number of allylic oxidation sites excluding steroid dienone is 1. The third-order valence-corrected chi connectivity index (χ3v) is 8.95. The lowest BCUT2D eigenvalue weighted by Gasteiger charge is -2.59. The second-order valence-electron chi connectivity index (χ2n) is 10.1. The number of hydrogen-bond donors (Lipinski definition) is 1. The maximum absolute atomic E-state index is 12.3. The Morgan fingerprint density at radius 2 is 1.89 bits per heavy atom. The molecule has 0 aromatic carbocycles. The minimum absolute atomic E-state index is 0.125. The molecule has 4 heteroatoms. The van der Waals surface area contributed by atoms with Crippen LogP contribution in [0.2, 0.25) is 0 Å². The molecule has 4 nitrogen and oxygen atoms in total. The van der Waals surface area contributed by atoms with Gasteiger partial charge in [-0.2, -0.15) is 0 Å². The number of ketones is 1. The summed E-state index contributed by atoms with van der Waals surface area (Å²) in [6.45, 7) is 7.86. The SMILES string of the molecule is CC(=O)OC1C[C@@H](O)CC2=CCC3C(CC[C@@]4(C)C3CC[C@@H]4C(C)=O)[C@]21C. The van der Waals surface area contributed by atoms with Crippen LogP contribution in [-0.2, 0) is 14.3 Å². The van der Waals surface area contributed by atoms with E-state index in [1.807, 2.05) is 0 Å². The highest BCUT2D eigenvalue weighted by Gasteiger charge is 2.61. The maximum atomic E-state index is 12.3. The van der Waals surface area contributed by atoms with Crippen LogP contribution >= 0.6 is 0 Å². The summed E-state index contributed by atoms with van der Waals surface area (Å²) in [5, 5.41) is 10.4. The molecule has 4 rings (SSSR count). The van der Waals surface area contributed by atoms with Crippen molar-refractivity contribution >= 4 is 11.8 Å². The van der Waals surface area contributed by atoms with E-state index < -0.39 is 6.10 Å². The first-order valence-electron chi connectivity index (χ1n) is 10.7. The minimum atomic E-state index is -0.423. The van der Waals surface area contributed by atoms with Gasteiger partial charge in [-0.25, -0.2) is 0 Å². The number of carbonyl (C=O) groups is 2. The molecule has 4 unspecified atom stereocenters. The summed E-state index contributed by atoms with van der Waals surface area (Å²) >= 11 is 0. The van der Waals surface area contributed by atoms with E-state index in [9.17, 15) is 14.7 Å². The molecule has 3 fully saturated rings. The van der Waals surface area contributed by atoms with Gasteiger partial charge in [-0.05, 0) is 68.6 Å². The van der Waals surface area contributed by atoms with Crippen molar-refractivity contribution in [2.45, 2.75) is 84.8 Å². The zero-order chi connectivity index (χ0) is 19.6. The van der Waals surface area contributed by atoms with Crippen LogP contribution in [0, 0.1) is 34.5 Å². The van der Waals surface area contributed by atoms with E-state index >= 15 is 0 Å². The summed E-state index contributed by atoms with van der Waals surface area (Å²) in [6.07, 6.45) is 8.29. The Morgan fingerprint density at radius 1 is 1.15 bits per heavy atom. The fraction of sp³-hybridized carbons (Fsp3) is 0.826. The Bertz CT molecular complexity index is 682. The molecule has 0 aromatic heterocycles. The molecule has 1 N–H and O–H groups in total. The third-order valence-electron chi connectivity index (χ3n) is 8.95. The number of ether oxygens (including phenoxy) is 1. The smallest absolute Gasteiger partial charge is 0.302 e. The van der Waals surface area contributed by atoms with Crippen LogP contribution in [0.3, 0.4) is 0 Å². The van der Waals surface area contributed by atoms with Gasteiger partial charge in [0.2, 0.25) is 0 Å². The lowest BCUT2D eigenvalue weighted by molar-refractivity contribution is -0.167. The van der Waals surface area contributed by atoms with Crippen LogP contribution in [0.1, 0.15) is 72.6 Å². The first kappa shape index (κ1) is 19.2. The van der Waals surface area contributed by atoms with Crippen LogP contribution < -0.4 is 0 Å². The van der Waals surface area contributed by atoms with Crippen molar-refractivity contribution in [1.29, 1.82) is 0 Å². The van der Waals surface area contributed by atoms with Crippen molar-refractivity contribution in [2.75, 3.05) is 0 Å². The Morgan fingerprint density at radius 3 is 2.56 bits per heavy atom. The van der Waals surface area contributed by atoms with Gasteiger partial charge in [-0.3, -0.25) is 9.59 Å². The highest BCUT2D eigenvalue weighted by molar-refractivity contribution is 5.79. The van der Waals surface area contributed by atoms with Crippen molar-refractivity contribution in [3.8, 4) is 0 Å². The number of esters is 1. The summed E-state index contributed by atoms with van der Waals surface area (Å²) in [6, 6.07) is 0. The molecular formula is C23H34O4. The van der Waals surface area contributed by atoms with Gasteiger partial charge in [0.25, 0.3) is 0 Å². The molecule has 0 spiro atoms. The summed E-state index contributed by atoms with van der Waals surface area (Å²) in [5.41, 5.74) is 1.24. The molecule has 150 valence electrons. The van der Waals surface area contributed by atoms with Crippen LogP contribution in [0.5, 0.6) is 0 Å². The van der Waals surface area contributed by atoms with E-state index in [1.165, 1.54) is 12.5 Å². The van der Waals surface area contributed by atoms with Crippen molar-refractivity contribution in [3.05, 3.63) is 11.6 Å². The van der Waals surface area contributed by atoms with Gasteiger partial charge in [-0.1, -0.05) is 25.5 Å². The number of hydrogen-bond acceptors (Lipinski definition) is 4. The molecule has 0 amide bonds. The van der Waals surface area contributed by atoms with E-state index in [0.717, 1.165) is 32.1 Å². The molecular weight excluding hydrogens is 340 g/mol. The first-order valence-corrected chi connectivity index (χ1v) is 10.7. The average Bonchev–Trinajstić information content (AvgIpc) is 2.93. The zero-order valence-corrected chi connectivity index (χ0v) is 17.2. The standard InChI is InChI=1S/C23H34O4/c1-13(24)18-7-8-19-17-6-5-15-11-16(26)12-21(27-14(2)25)23(15,4)20(17)9-10-22(18,19)3/h5,16-21,26H,6-12H2,1-4H3/t16-,17?,18+,19?,20?,21?,22+,23-/m0/s1. The van der Waals surface area contributed by atoms with Crippen LogP contribution in [0.25, 0.3) is 0 Å². The molecule has 0 aliphatic heterocycles. The number of rotatable bonds is 2. The monoisotopic (exact) mass is 374 g/mol. The third kappa shape index (κ3) is 2.73. The molecule has 0 bridgehead atoms. The zero-order valence-electron chi connectivity index (χ0n) is 17.2. The van der Waals surface area contributed by atoms with Crippen LogP contribution in [0.4, 0.5) is 0 Å². The molecule has 4 aliphatic carbocycles. The maximum Gasteiger partial charge on any atom is 0.302 e. The molecule has 0 aromatic rings. The Kier molecular flexibility index (Phi) is 4.57. The molecule has 8 atom stereocenters. The van der Waals surface area contributed by atoms with Crippen LogP contribution in [-0.4, -0.2) is 29.1 Å². The lowest BCUT2D eigenvalue weighted by atomic mass is 9.46. The first-order chi connectivity index (χ1) is 12.7. The average molecular weight is 375 g/mol. The van der Waals surface area contributed by atoms with Crippen molar-refractivity contribution in [1.82, 2.24) is 0 Å². The van der Waals surface area contributed by atoms with Crippen molar-refractivity contribution < 1.29 is 19.4 Å². The van der Waals surface area contributed by atoms with Crippen molar-refractivity contribution in [2.24, 2.45) is 34.5 Å². The van der Waals surface area contributed by atoms with E-state index in [0.29, 0.717) is 36.4 Å². The molecule has 0 saturated heterocycles. The normalized spacial score (nSPS) is 48.7. The largest absolute Gasteiger partial charge is 0.462 e. The Hall–Kier alpha value is -1.16. The van der Waals surface area contributed by atoms with Gasteiger partial charge in [0.1, 0.15) is 11.9 Å². The topological polar surface area (TPSA) is 63.6 Å². The molecule has 27 heavy (non-hydrogen) atoms. The van der Waals surface area contributed by atoms with Gasteiger partial charge >= 0.3 is 5.97 Å². The highest BCUT2D eigenvalue weighted by Crippen LogP contribution is 2.66. The highest BCUT2D eigenvalue weighted by atomic mass is 16.5. The Balaban J connectivity index is 1.70. The molecule has 0 radical (unpaired) electrons. The molecule has 3 saturated carbocycles. The predicted octanol–water partition coefficient (Wildman–Crippen LogP) is 4.06. The molecule has 4 aliphatic rings. The van der Waals surface area contributed by atoms with Crippen molar-refractivity contribution in [3.63, 3.8) is 0 Å². The summed E-state index contributed by atoms with van der Waals surface area (Å²) < 4.78 is 5.79. The molecule has 0 heterocycles. The Labute approximate surface area is 162 Å². The summed E-state index contributed by atoms with van der Waals surface area (Å²) in [5.74, 6) is 1.90. The predicted molar refractivity (Wildman–Crippen MR) is 103 cm³/mol. The van der Waals surface area contributed by atoms with Gasteiger partial charge in [-0.15, -0.1) is 0 Å². The summed E-state index contributed by atoms with van der Waals surface area (Å²) in [7, 11) is 0. The number of aliphatic hydroxyl groups is 1. The number of Topliss-reactive ketones (excluding diaryl/α,β-unsaturated/α-hetero) is 1. The quantitative estimate of drug-likeness (QED) is 0.585. The minimum Gasteiger partial charge on any atom is -0.462 e. The fourth-order valence-electron chi connectivity index (χ4n) is 7.71. The fourth-order valence-corrected chi connectivity index (χ4v) is 7.71. The number of aliphatic hydroxyl groups excluding tert-OH is 1. The van der Waals surface area contributed by atoms with Gasteiger partial charge in [0.15, 0.2) is 0 Å². The van der Waals surface area contributed by atoms with E-state index in [4.69, 9.17) is 4.74 Å². The second-order valence-corrected chi connectivity index (χ2v) is 10.1. The van der Waals surface area contributed by atoms with E-state index in [-0.39, 0.29) is 28.8 Å². The van der Waals surface area contributed by atoms with Crippen LogP contribution in [0.15, 0.2) is 11.6 Å².